The molecule has 0 fully saturated rings. The van der Waals surface area contributed by atoms with Gasteiger partial charge in [0.15, 0.2) is 0 Å². The van der Waals surface area contributed by atoms with Crippen molar-refractivity contribution in [3.05, 3.63) is 28.2 Å². The summed E-state index contributed by atoms with van der Waals surface area (Å²) in [5, 5.41) is 1.99. The first kappa shape index (κ1) is 9.94. The Morgan fingerprint density at radius 3 is 2.93 bits per heavy atom. The number of aromatic nitrogens is 1. The van der Waals surface area contributed by atoms with Crippen molar-refractivity contribution in [1.82, 2.24) is 4.98 Å². The standard InChI is InChI=1S/C11H12ClNS/c1-7(2)5-11-13-9-4-3-8(12)6-10(9)14-11/h3-4,6-7H,5H2,1-2H3. The molecule has 14 heavy (non-hydrogen) atoms. The van der Waals surface area contributed by atoms with Gasteiger partial charge < -0.3 is 0 Å². The Bertz CT molecular complexity index is 447. The third kappa shape index (κ3) is 2.07. The van der Waals surface area contributed by atoms with E-state index in [9.17, 15) is 0 Å². The third-order valence-electron chi connectivity index (χ3n) is 1.98. The van der Waals surface area contributed by atoms with Gasteiger partial charge in [-0.05, 0) is 24.1 Å². The highest BCUT2D eigenvalue weighted by molar-refractivity contribution is 7.18. The molecule has 0 saturated heterocycles. The highest BCUT2D eigenvalue weighted by Crippen LogP contribution is 2.26. The lowest BCUT2D eigenvalue weighted by Crippen LogP contribution is -1.91. The molecular weight excluding hydrogens is 214 g/mol. The number of benzene rings is 1. The van der Waals surface area contributed by atoms with Crippen LogP contribution in [0.2, 0.25) is 5.02 Å². The van der Waals surface area contributed by atoms with Crippen LogP contribution in [0.3, 0.4) is 0 Å². The molecule has 0 N–H and O–H groups in total. The molecule has 0 saturated carbocycles. The summed E-state index contributed by atoms with van der Waals surface area (Å²) in [6, 6.07) is 5.86. The minimum atomic E-state index is 0.658. The summed E-state index contributed by atoms with van der Waals surface area (Å²) in [5.41, 5.74) is 1.06. The Balaban J connectivity index is 2.41. The first-order valence-electron chi connectivity index (χ1n) is 4.70. The van der Waals surface area contributed by atoms with Crippen LogP contribution in [0.5, 0.6) is 0 Å². The van der Waals surface area contributed by atoms with Crippen molar-refractivity contribution in [3.63, 3.8) is 0 Å². The van der Waals surface area contributed by atoms with Crippen LogP contribution in [0, 0.1) is 5.92 Å². The second kappa shape index (κ2) is 3.87. The molecular formula is C11H12ClNS. The SMILES string of the molecule is CC(C)Cc1nc2ccc(Cl)cc2s1. The second-order valence-electron chi connectivity index (χ2n) is 3.82. The zero-order valence-corrected chi connectivity index (χ0v) is 9.82. The molecule has 1 heterocycles. The van der Waals surface area contributed by atoms with E-state index in [1.807, 2.05) is 18.2 Å². The maximum Gasteiger partial charge on any atom is 0.0941 e. The van der Waals surface area contributed by atoms with Gasteiger partial charge in [0.2, 0.25) is 0 Å². The topological polar surface area (TPSA) is 12.9 Å². The molecule has 2 rings (SSSR count). The molecule has 1 aromatic carbocycles. The van der Waals surface area contributed by atoms with Gasteiger partial charge in [0.25, 0.3) is 0 Å². The van der Waals surface area contributed by atoms with E-state index in [4.69, 9.17) is 11.6 Å². The van der Waals surface area contributed by atoms with Crippen molar-refractivity contribution in [2.24, 2.45) is 5.92 Å². The Morgan fingerprint density at radius 2 is 2.21 bits per heavy atom. The van der Waals surface area contributed by atoms with Gasteiger partial charge in [-0.2, -0.15) is 0 Å². The van der Waals surface area contributed by atoms with E-state index in [0.717, 1.165) is 17.0 Å². The van der Waals surface area contributed by atoms with E-state index in [0.29, 0.717) is 5.92 Å². The minimum Gasteiger partial charge on any atom is -0.241 e. The first-order chi connectivity index (χ1) is 6.65. The summed E-state index contributed by atoms with van der Waals surface area (Å²) in [6.45, 7) is 4.41. The number of fused-ring (bicyclic) bond motifs is 1. The highest BCUT2D eigenvalue weighted by Gasteiger charge is 2.05. The van der Waals surface area contributed by atoms with Gasteiger partial charge in [0.1, 0.15) is 0 Å². The van der Waals surface area contributed by atoms with Crippen molar-refractivity contribution >= 4 is 33.2 Å². The van der Waals surface area contributed by atoms with Crippen molar-refractivity contribution in [2.45, 2.75) is 20.3 Å². The average molecular weight is 226 g/mol. The molecule has 0 radical (unpaired) electrons. The Labute approximate surface area is 92.7 Å². The third-order valence-corrected chi connectivity index (χ3v) is 3.25. The van der Waals surface area contributed by atoms with Crippen LogP contribution in [0.15, 0.2) is 18.2 Å². The zero-order chi connectivity index (χ0) is 10.1. The predicted octanol–water partition coefficient (Wildman–Crippen LogP) is 4.15. The summed E-state index contributed by atoms with van der Waals surface area (Å²) in [6.07, 6.45) is 1.05. The van der Waals surface area contributed by atoms with Crippen molar-refractivity contribution in [3.8, 4) is 0 Å². The molecule has 1 nitrogen and oxygen atoms in total. The van der Waals surface area contributed by atoms with Crippen molar-refractivity contribution in [2.75, 3.05) is 0 Å². The molecule has 0 unspecified atom stereocenters. The number of hydrogen-bond donors (Lipinski definition) is 0. The van der Waals surface area contributed by atoms with Gasteiger partial charge in [-0.25, -0.2) is 4.98 Å². The normalized spacial score (nSPS) is 11.4. The number of hydrogen-bond acceptors (Lipinski definition) is 2. The van der Waals surface area contributed by atoms with Crippen LogP contribution in [-0.2, 0) is 6.42 Å². The van der Waals surface area contributed by atoms with Gasteiger partial charge >= 0.3 is 0 Å². The Hall–Kier alpha value is -0.600. The molecule has 0 atom stereocenters. The van der Waals surface area contributed by atoms with Crippen LogP contribution in [-0.4, -0.2) is 4.98 Å². The summed E-state index contributed by atoms with van der Waals surface area (Å²) in [5.74, 6) is 0.658. The van der Waals surface area contributed by atoms with Crippen LogP contribution in [0.25, 0.3) is 10.2 Å². The van der Waals surface area contributed by atoms with Gasteiger partial charge in [-0.3, -0.25) is 0 Å². The van der Waals surface area contributed by atoms with Gasteiger partial charge in [0, 0.05) is 11.4 Å². The maximum absolute atomic E-state index is 5.91. The number of thiazole rings is 1. The smallest absolute Gasteiger partial charge is 0.0941 e. The lowest BCUT2D eigenvalue weighted by molar-refractivity contribution is 0.645. The van der Waals surface area contributed by atoms with E-state index >= 15 is 0 Å². The molecule has 74 valence electrons. The fourth-order valence-corrected chi connectivity index (χ4v) is 2.84. The summed E-state index contributed by atoms with van der Waals surface area (Å²) < 4.78 is 1.19. The van der Waals surface area contributed by atoms with Crippen LogP contribution < -0.4 is 0 Å². The minimum absolute atomic E-state index is 0.658. The van der Waals surface area contributed by atoms with Crippen molar-refractivity contribution < 1.29 is 0 Å². The number of nitrogens with zero attached hydrogens (tertiary/aromatic N) is 1. The van der Waals surface area contributed by atoms with Gasteiger partial charge in [-0.15, -0.1) is 11.3 Å². The number of rotatable bonds is 2. The maximum atomic E-state index is 5.91. The van der Waals surface area contributed by atoms with Gasteiger partial charge in [0.05, 0.1) is 15.2 Å². The molecule has 0 bridgehead atoms. The van der Waals surface area contributed by atoms with E-state index in [1.54, 1.807) is 11.3 Å². The molecule has 3 heteroatoms. The predicted molar refractivity (Wildman–Crippen MR) is 63.2 cm³/mol. The lowest BCUT2D eigenvalue weighted by atomic mass is 10.1. The molecule has 0 aliphatic rings. The Morgan fingerprint density at radius 1 is 1.43 bits per heavy atom. The molecule has 0 aliphatic heterocycles. The van der Waals surface area contributed by atoms with E-state index in [-0.39, 0.29) is 0 Å². The Kier molecular flexibility index (Phi) is 2.75. The van der Waals surface area contributed by atoms with Crippen molar-refractivity contribution in [1.29, 1.82) is 0 Å². The van der Waals surface area contributed by atoms with Crippen LogP contribution in [0.1, 0.15) is 18.9 Å². The average Bonchev–Trinajstić information content (AvgIpc) is 2.44. The summed E-state index contributed by atoms with van der Waals surface area (Å²) in [7, 11) is 0. The first-order valence-corrected chi connectivity index (χ1v) is 5.89. The molecule has 0 aliphatic carbocycles. The zero-order valence-electron chi connectivity index (χ0n) is 8.25. The molecule has 0 amide bonds. The van der Waals surface area contributed by atoms with E-state index in [2.05, 4.69) is 18.8 Å². The highest BCUT2D eigenvalue weighted by atomic mass is 35.5. The van der Waals surface area contributed by atoms with Crippen LogP contribution >= 0.6 is 22.9 Å². The molecule has 2 aromatic rings. The number of halogens is 1. The summed E-state index contributed by atoms with van der Waals surface area (Å²) >= 11 is 7.66. The fraction of sp³-hybridized carbons (Fsp3) is 0.364. The largest absolute Gasteiger partial charge is 0.241 e. The van der Waals surface area contributed by atoms with E-state index < -0.39 is 0 Å². The van der Waals surface area contributed by atoms with Gasteiger partial charge in [-0.1, -0.05) is 25.4 Å². The lowest BCUT2D eigenvalue weighted by Gasteiger charge is -1.97. The summed E-state index contributed by atoms with van der Waals surface area (Å²) in [4.78, 5) is 4.55. The second-order valence-corrected chi connectivity index (χ2v) is 5.37. The molecule has 0 spiro atoms. The quantitative estimate of drug-likeness (QED) is 0.749. The fourth-order valence-electron chi connectivity index (χ4n) is 1.38. The monoisotopic (exact) mass is 225 g/mol. The molecule has 1 aromatic heterocycles. The van der Waals surface area contributed by atoms with E-state index in [1.165, 1.54) is 9.71 Å². The van der Waals surface area contributed by atoms with Crippen LogP contribution in [0.4, 0.5) is 0 Å².